The van der Waals surface area contributed by atoms with Gasteiger partial charge in [0.2, 0.25) is 0 Å². The van der Waals surface area contributed by atoms with Gasteiger partial charge in [-0.2, -0.15) is 0 Å². The summed E-state index contributed by atoms with van der Waals surface area (Å²) in [7, 11) is 10.1. The predicted molar refractivity (Wildman–Crippen MR) is 202 cm³/mol. The van der Waals surface area contributed by atoms with Gasteiger partial charge in [-0.1, -0.05) is 97.8 Å². The van der Waals surface area contributed by atoms with Crippen LogP contribution in [0.2, 0.25) is 0 Å². The summed E-state index contributed by atoms with van der Waals surface area (Å²) in [5, 5.41) is 24.2. The normalized spacial score (nSPS) is 22.3. The molecule has 4 aliphatic rings. The topological polar surface area (TPSA) is 60.7 Å². The van der Waals surface area contributed by atoms with Crippen LogP contribution in [0.15, 0.2) is 0 Å². The second-order valence-corrected chi connectivity index (χ2v) is 20.9. The zero-order valence-corrected chi connectivity index (χ0v) is 37.4. The average Bonchev–Trinajstić information content (AvgIpc) is 3.48. The second-order valence-electron chi connectivity index (χ2n) is 15.4. The molecule has 0 aromatic carbocycles. The fraction of sp³-hybridized carbons (Fsp3) is 1.00. The van der Waals surface area contributed by atoms with Gasteiger partial charge in [0.1, 0.15) is 0 Å². The molecule has 46 heavy (non-hydrogen) atoms. The summed E-state index contributed by atoms with van der Waals surface area (Å²) < 4.78 is 0. The van der Waals surface area contributed by atoms with E-state index in [2.05, 4.69) is 20.8 Å². The van der Waals surface area contributed by atoms with E-state index in [0.29, 0.717) is 7.92 Å². The molecule has 0 aromatic rings. The molecule has 8 heteroatoms. The Morgan fingerprint density at radius 2 is 0.870 bits per heavy atom. The van der Waals surface area contributed by atoms with Gasteiger partial charge in [0.25, 0.3) is 0 Å². The first-order valence-corrected chi connectivity index (χ1v) is 25.0. The smallest absolute Gasteiger partial charge is 0 e. The van der Waals surface area contributed by atoms with Gasteiger partial charge in [0.15, 0.2) is 0 Å². The van der Waals surface area contributed by atoms with E-state index in [1.165, 1.54) is 62.7 Å². The summed E-state index contributed by atoms with van der Waals surface area (Å²) in [6.45, 7) is 17.4. The number of aliphatic hydroxyl groups excluding tert-OH is 3. The predicted octanol–water partition coefficient (Wildman–Crippen LogP) is 12.7. The molecule has 0 heterocycles. The van der Waals surface area contributed by atoms with E-state index in [9.17, 15) is 0 Å². The van der Waals surface area contributed by atoms with Crippen molar-refractivity contribution in [3.05, 3.63) is 0 Å². The van der Waals surface area contributed by atoms with Gasteiger partial charge in [-0.25, -0.2) is 0 Å². The van der Waals surface area contributed by atoms with Gasteiger partial charge in [-0.3, -0.25) is 0 Å². The summed E-state index contributed by atoms with van der Waals surface area (Å²) in [6, 6.07) is 0. The van der Waals surface area contributed by atoms with Gasteiger partial charge in [-0.15, -0.1) is 7.92 Å². The number of hydrogen-bond donors (Lipinski definition) is 3. The molecule has 0 aromatic heterocycles. The van der Waals surface area contributed by atoms with Gasteiger partial charge in [0.05, 0.1) is 0 Å². The van der Waals surface area contributed by atoms with E-state index in [4.69, 9.17) is 34.7 Å². The SMILES string of the molecule is C1CCC(P(CCC2CCCC2)C2CCCCC2)CC1.CC(C)O.CC(C)O.CC(C)O.CC1CCC(C(C)C)CC1.[Cl][Ru][Cl].[Ti]. The summed E-state index contributed by atoms with van der Waals surface area (Å²) >= 11 is -0.346. The Morgan fingerprint density at radius 3 is 1.17 bits per heavy atom. The molecule has 0 unspecified atom stereocenters. The first-order chi connectivity index (χ1) is 21.2. The van der Waals surface area contributed by atoms with Crippen molar-refractivity contribution in [1.29, 1.82) is 0 Å². The van der Waals surface area contributed by atoms with Crippen LogP contribution in [0.1, 0.15) is 184 Å². The van der Waals surface area contributed by atoms with Crippen molar-refractivity contribution in [1.82, 2.24) is 0 Å². The Hall–Kier alpha value is 2.23. The molecule has 0 bridgehead atoms. The van der Waals surface area contributed by atoms with Crippen molar-refractivity contribution in [2.24, 2.45) is 23.7 Å². The minimum Gasteiger partial charge on any atom is 0 e. The summed E-state index contributed by atoms with van der Waals surface area (Å²) in [6.07, 6.45) is 30.6. The number of halogens is 2. The van der Waals surface area contributed by atoms with E-state index >= 15 is 0 Å². The maximum Gasteiger partial charge on any atom is 0 e. The molecule has 4 aliphatic carbocycles. The fourth-order valence-electron chi connectivity index (χ4n) is 7.07. The van der Waals surface area contributed by atoms with E-state index in [1.807, 2.05) is 0 Å². The van der Waals surface area contributed by atoms with Crippen molar-refractivity contribution in [3.8, 4) is 0 Å². The number of rotatable bonds is 6. The van der Waals surface area contributed by atoms with Crippen molar-refractivity contribution in [3.63, 3.8) is 0 Å². The van der Waals surface area contributed by atoms with Crippen LogP contribution in [0.5, 0.6) is 0 Å². The van der Waals surface area contributed by atoms with Crippen molar-refractivity contribution >= 4 is 27.3 Å². The fourth-order valence-corrected chi connectivity index (χ4v) is 11.1. The Labute approximate surface area is 321 Å². The summed E-state index contributed by atoms with van der Waals surface area (Å²) in [5.74, 6) is 4.10. The maximum absolute atomic E-state index is 8.06. The van der Waals surface area contributed by atoms with Crippen LogP contribution in [0.25, 0.3) is 0 Å². The molecule has 0 saturated heterocycles. The molecular weight excluding hydrogens is 755 g/mol. The summed E-state index contributed by atoms with van der Waals surface area (Å²) in [4.78, 5) is 0. The summed E-state index contributed by atoms with van der Waals surface area (Å²) in [5.41, 5.74) is 2.37. The van der Waals surface area contributed by atoms with Gasteiger partial charge in [-0.05, 0) is 128 Å². The van der Waals surface area contributed by atoms with Crippen molar-refractivity contribution in [2.45, 2.75) is 214 Å². The maximum atomic E-state index is 8.06. The minimum absolute atomic E-state index is 0. The molecule has 280 valence electrons. The first-order valence-electron chi connectivity index (χ1n) is 18.9. The Kier molecular flexibility index (Phi) is 40.7. The molecular formula is C38H79Cl2O3PRuTi. The molecule has 4 fully saturated rings. The molecule has 4 saturated carbocycles. The van der Waals surface area contributed by atoms with Crippen LogP contribution in [-0.4, -0.2) is 51.1 Å². The third-order valence-corrected chi connectivity index (χ3v) is 13.0. The zero-order chi connectivity index (χ0) is 34.6. The van der Waals surface area contributed by atoms with Crippen molar-refractivity contribution < 1.29 is 52.2 Å². The van der Waals surface area contributed by atoms with E-state index < -0.39 is 0 Å². The third-order valence-electron chi connectivity index (χ3n) is 9.36. The van der Waals surface area contributed by atoms with Crippen LogP contribution in [0, 0.1) is 23.7 Å². The molecule has 4 rings (SSSR count). The third kappa shape index (κ3) is 34.7. The standard InChI is InChI=1S/C19H35P.C10H20.3C3H8O.2ClH.Ru.Ti/c1-3-11-18(12-4-1)20(19-13-5-2-6-14-19)16-15-17-9-7-8-10-17;1-8(2)10-6-4-9(3)5-7-10;3*1-3(2)4;;;;/h17-19H,1-16H2;8-10H,4-7H2,1-3H3;3*3-4H,1-2H3;2*1H;;/q;;;;;;;+2;/p-2. The van der Waals surface area contributed by atoms with Gasteiger partial charge < -0.3 is 15.3 Å². The largest absolute Gasteiger partial charge is 0 e. The monoisotopic (exact) mass is 834 g/mol. The Morgan fingerprint density at radius 1 is 0.565 bits per heavy atom. The van der Waals surface area contributed by atoms with Crippen molar-refractivity contribution in [2.75, 3.05) is 6.16 Å². The molecule has 0 amide bonds. The van der Waals surface area contributed by atoms with Gasteiger partial charge in [0, 0.05) is 40.0 Å². The molecule has 0 spiro atoms. The molecule has 0 atom stereocenters. The quantitative estimate of drug-likeness (QED) is 0.185. The first kappa shape index (κ1) is 52.6. The van der Waals surface area contributed by atoms with Crippen LogP contribution < -0.4 is 0 Å². The average molecular weight is 835 g/mol. The van der Waals surface area contributed by atoms with E-state index in [0.717, 1.165) is 23.7 Å². The van der Waals surface area contributed by atoms with Gasteiger partial charge >= 0.3 is 34.5 Å². The minimum atomic E-state index is -0.346. The van der Waals surface area contributed by atoms with E-state index in [-0.39, 0.29) is 55.2 Å². The molecule has 3 nitrogen and oxygen atoms in total. The van der Waals surface area contributed by atoms with Crippen LogP contribution >= 0.6 is 27.3 Å². The Balaban J connectivity index is -0.000000595. The van der Waals surface area contributed by atoms with Crippen LogP contribution in [0.4, 0.5) is 0 Å². The molecule has 0 radical (unpaired) electrons. The van der Waals surface area contributed by atoms with Crippen LogP contribution in [-0.2, 0) is 36.9 Å². The zero-order valence-electron chi connectivity index (χ0n) is 31.7. The number of hydrogen-bond acceptors (Lipinski definition) is 3. The van der Waals surface area contributed by atoms with Crippen LogP contribution in [0.3, 0.4) is 0 Å². The molecule has 3 N–H and O–H groups in total. The number of aliphatic hydroxyl groups is 3. The van der Waals surface area contributed by atoms with E-state index in [1.54, 1.807) is 118 Å². The molecule has 0 aliphatic heterocycles. The Bertz CT molecular complexity index is 552. The second kappa shape index (κ2) is 35.6.